The Morgan fingerprint density at radius 3 is 2.59 bits per heavy atom. The molecule has 3 heterocycles. The van der Waals surface area contributed by atoms with E-state index < -0.39 is 62.2 Å². The molecule has 1 unspecified atom stereocenters. The molecular weight excluding hydrogens is 599 g/mol. The van der Waals surface area contributed by atoms with Gasteiger partial charge in [0.15, 0.2) is 18.0 Å². The predicted octanol–water partition coefficient (Wildman–Crippen LogP) is 2.25. The van der Waals surface area contributed by atoms with Crippen molar-refractivity contribution in [3.05, 3.63) is 54.5 Å². The van der Waals surface area contributed by atoms with Gasteiger partial charge in [0.2, 0.25) is 5.60 Å². The van der Waals surface area contributed by atoms with Crippen molar-refractivity contribution in [3.63, 3.8) is 0 Å². The van der Waals surface area contributed by atoms with E-state index in [0.717, 1.165) is 14.0 Å². The number of ether oxygens (including phenoxy) is 4. The maximum Gasteiger partial charge on any atom is 0.459 e. The van der Waals surface area contributed by atoms with Gasteiger partial charge in [-0.05, 0) is 31.2 Å². The lowest BCUT2D eigenvalue weighted by atomic mass is 9.95. The van der Waals surface area contributed by atoms with Gasteiger partial charge in [0.1, 0.15) is 42.4 Å². The van der Waals surface area contributed by atoms with Crippen LogP contribution in [0.2, 0.25) is 0 Å². The van der Waals surface area contributed by atoms with Crippen LogP contribution >= 0.6 is 7.75 Å². The van der Waals surface area contributed by atoms with Crippen LogP contribution in [0.4, 0.5) is 5.82 Å². The molecule has 1 saturated heterocycles. The van der Waals surface area contributed by atoms with Gasteiger partial charge in [0.25, 0.3) is 0 Å². The van der Waals surface area contributed by atoms with E-state index in [1.54, 1.807) is 30.3 Å². The summed E-state index contributed by atoms with van der Waals surface area (Å²) in [6.45, 7) is 3.19. The fraction of sp³-hybridized carbons (Fsp3) is 0.407. The van der Waals surface area contributed by atoms with E-state index in [1.165, 1.54) is 36.8 Å². The van der Waals surface area contributed by atoms with Crippen LogP contribution < -0.4 is 15.3 Å². The Morgan fingerprint density at radius 2 is 1.95 bits per heavy atom. The zero-order valence-electron chi connectivity index (χ0n) is 24.2. The maximum atomic E-state index is 14.0. The van der Waals surface area contributed by atoms with Crippen LogP contribution in [0.3, 0.4) is 0 Å². The summed E-state index contributed by atoms with van der Waals surface area (Å²) in [5.41, 5.74) is 4.43. The summed E-state index contributed by atoms with van der Waals surface area (Å²) in [4.78, 5) is 41.0. The molecule has 1 aromatic carbocycles. The molecule has 6 atom stereocenters. The van der Waals surface area contributed by atoms with Crippen LogP contribution in [0.5, 0.6) is 5.75 Å². The molecule has 0 spiro atoms. The van der Waals surface area contributed by atoms with Crippen molar-refractivity contribution in [3.8, 4) is 11.8 Å². The molecule has 1 fully saturated rings. The lowest BCUT2D eigenvalue weighted by Crippen LogP contribution is -2.49. The van der Waals surface area contributed by atoms with E-state index in [2.05, 4.69) is 15.2 Å². The van der Waals surface area contributed by atoms with Crippen LogP contribution in [0.25, 0.3) is 5.52 Å². The Balaban J connectivity index is 1.77. The van der Waals surface area contributed by atoms with Crippen molar-refractivity contribution in [1.82, 2.24) is 19.7 Å². The van der Waals surface area contributed by atoms with Gasteiger partial charge in [-0.2, -0.15) is 15.4 Å². The van der Waals surface area contributed by atoms with Gasteiger partial charge in [-0.3, -0.25) is 18.9 Å². The maximum absolute atomic E-state index is 14.0. The van der Waals surface area contributed by atoms with E-state index >= 15 is 0 Å². The lowest BCUT2D eigenvalue weighted by Gasteiger charge is -2.30. The number of nitrogens with two attached hydrogens (primary N) is 1. The normalized spacial score (nSPS) is 23.2. The van der Waals surface area contributed by atoms with Crippen LogP contribution in [-0.2, 0) is 42.4 Å². The second kappa shape index (κ2) is 13.4. The Labute approximate surface area is 251 Å². The topological polar surface area (TPSA) is 216 Å². The summed E-state index contributed by atoms with van der Waals surface area (Å²) >= 11 is 0. The number of nitriles is 1. The highest BCUT2D eigenvalue weighted by atomic mass is 31.2. The number of rotatable bonds is 12. The number of esters is 3. The first-order chi connectivity index (χ1) is 21.0. The molecule has 234 valence electrons. The number of hydrogen-bond donors (Lipinski definition) is 2. The summed E-state index contributed by atoms with van der Waals surface area (Å²) in [7, 11) is -3.34. The number of para-hydroxylation sites is 1. The minimum Gasteiger partial charge on any atom is -0.468 e. The third kappa shape index (κ3) is 6.81. The second-order valence-corrected chi connectivity index (χ2v) is 11.3. The minimum absolute atomic E-state index is 0.0953. The highest BCUT2D eigenvalue weighted by molar-refractivity contribution is 7.52. The fourth-order valence-corrected chi connectivity index (χ4v) is 6.02. The number of nitrogens with zero attached hydrogens (tertiary/aromatic N) is 4. The molecule has 2 aromatic heterocycles. The van der Waals surface area contributed by atoms with E-state index in [-0.39, 0.29) is 23.7 Å². The zero-order valence-corrected chi connectivity index (χ0v) is 25.1. The number of methoxy groups -OCH3 is 1. The molecule has 3 aromatic rings. The highest BCUT2D eigenvalue weighted by Crippen LogP contribution is 2.49. The SMILES string of the molecule is CCC(=O)O[C@H]1[C@@H](OC(C)=O)[C@H](c2ccc3c(N)ncnn23)O[C@]1(C#N)COP(=O)(N[C@@H](C)C(=O)OC)Oc1ccccc1. The van der Waals surface area contributed by atoms with E-state index in [4.69, 9.17) is 33.7 Å². The number of benzene rings is 1. The first-order valence-electron chi connectivity index (χ1n) is 13.3. The van der Waals surface area contributed by atoms with E-state index in [0.29, 0.717) is 5.52 Å². The number of anilines is 1. The zero-order chi connectivity index (χ0) is 32.1. The molecule has 1 aliphatic heterocycles. The number of nitrogens with one attached hydrogen (secondary N) is 1. The number of aromatic nitrogens is 3. The summed E-state index contributed by atoms with van der Waals surface area (Å²) < 4.78 is 48.9. The van der Waals surface area contributed by atoms with Crippen molar-refractivity contribution >= 4 is 37.0 Å². The highest BCUT2D eigenvalue weighted by Gasteiger charge is 2.62. The average Bonchev–Trinajstić information content (AvgIpc) is 3.56. The Hall–Kier alpha value is -4.55. The number of carbonyl (C=O) groups excluding carboxylic acids is 3. The van der Waals surface area contributed by atoms with Gasteiger partial charge in [0.05, 0.1) is 12.8 Å². The van der Waals surface area contributed by atoms with Crippen LogP contribution in [0.1, 0.15) is 39.0 Å². The number of nitrogen functional groups attached to an aromatic ring is 1. The molecule has 17 heteroatoms. The predicted molar refractivity (Wildman–Crippen MR) is 151 cm³/mol. The molecule has 1 aliphatic rings. The molecule has 0 saturated carbocycles. The molecule has 0 bridgehead atoms. The van der Waals surface area contributed by atoms with Gasteiger partial charge in [-0.15, -0.1) is 0 Å². The largest absolute Gasteiger partial charge is 0.468 e. The summed E-state index contributed by atoms with van der Waals surface area (Å²) in [6.07, 6.45) is -3.13. The standard InChI is InChI=1S/C27H31N6O10P/c1-5-21(35)41-24-23(40-17(3)34)22(19-11-12-20-25(29)30-15-31-33(19)20)42-27(24,13-28)14-39-44(37,32-16(2)26(36)38-4)43-18-9-7-6-8-10-18/h6-12,15-16,22-24H,5,14H2,1-4H3,(H,32,37)(H2,29,30,31)/t16-,22-,23-,24-,27+,44?/m0/s1. The van der Waals surface area contributed by atoms with Crippen LogP contribution in [0, 0.1) is 11.3 Å². The Morgan fingerprint density at radius 1 is 1.23 bits per heavy atom. The van der Waals surface area contributed by atoms with Crippen molar-refractivity contribution < 1.29 is 46.9 Å². The van der Waals surface area contributed by atoms with Crippen molar-refractivity contribution in [1.29, 1.82) is 5.26 Å². The Bertz CT molecular complexity index is 1610. The number of carbonyl (C=O) groups is 3. The summed E-state index contributed by atoms with van der Waals surface area (Å²) in [5.74, 6) is -2.04. The third-order valence-electron chi connectivity index (χ3n) is 6.56. The number of hydrogen-bond acceptors (Lipinski definition) is 14. The molecule has 3 N–H and O–H groups in total. The first kappa shape index (κ1) is 32.4. The van der Waals surface area contributed by atoms with Crippen molar-refractivity contribution in [2.45, 2.75) is 57.1 Å². The second-order valence-electron chi connectivity index (χ2n) is 9.63. The van der Waals surface area contributed by atoms with Crippen molar-refractivity contribution in [2.24, 2.45) is 0 Å². The summed E-state index contributed by atoms with van der Waals surface area (Å²) in [6, 6.07) is 11.9. The molecule has 44 heavy (non-hydrogen) atoms. The average molecular weight is 631 g/mol. The molecule has 0 aliphatic carbocycles. The smallest absolute Gasteiger partial charge is 0.459 e. The third-order valence-corrected chi connectivity index (χ3v) is 8.18. The first-order valence-corrected chi connectivity index (χ1v) is 14.9. The monoisotopic (exact) mass is 630 g/mol. The fourth-order valence-electron chi connectivity index (χ4n) is 4.50. The molecule has 4 rings (SSSR count). The van der Waals surface area contributed by atoms with Gasteiger partial charge < -0.3 is 29.2 Å². The van der Waals surface area contributed by atoms with Crippen LogP contribution in [0.15, 0.2) is 48.8 Å². The minimum atomic E-state index is -4.49. The molecule has 16 nitrogen and oxygen atoms in total. The van der Waals surface area contributed by atoms with E-state index in [9.17, 15) is 24.2 Å². The van der Waals surface area contributed by atoms with Gasteiger partial charge >= 0.3 is 25.7 Å². The summed E-state index contributed by atoms with van der Waals surface area (Å²) in [5, 5.41) is 17.2. The number of fused-ring (bicyclic) bond motifs is 1. The molecular formula is C27H31N6O10P. The van der Waals surface area contributed by atoms with E-state index in [1.807, 2.05) is 6.07 Å². The Kier molecular flexibility index (Phi) is 9.85. The molecule has 0 amide bonds. The van der Waals surface area contributed by atoms with Gasteiger partial charge in [-0.1, -0.05) is 25.1 Å². The quantitative estimate of drug-likeness (QED) is 0.167. The van der Waals surface area contributed by atoms with Crippen LogP contribution in [-0.4, -0.2) is 70.1 Å². The van der Waals surface area contributed by atoms with Gasteiger partial charge in [-0.25, -0.2) is 14.1 Å². The van der Waals surface area contributed by atoms with Crippen molar-refractivity contribution in [2.75, 3.05) is 19.5 Å². The lowest BCUT2D eigenvalue weighted by molar-refractivity contribution is -0.168. The molecule has 0 radical (unpaired) electrons. The van der Waals surface area contributed by atoms with Gasteiger partial charge in [0, 0.05) is 13.3 Å².